The molecular weight excluding hydrogens is 406 g/mol. The zero-order valence-electron chi connectivity index (χ0n) is 17.9. The van der Waals surface area contributed by atoms with Crippen LogP contribution in [0, 0.1) is 0 Å². The Morgan fingerprint density at radius 3 is 2.75 bits per heavy atom. The molecule has 2 N–H and O–H groups in total. The molecule has 0 bridgehead atoms. The maximum absolute atomic E-state index is 12.5. The van der Waals surface area contributed by atoms with Crippen LogP contribution in [-0.4, -0.2) is 35.5 Å². The molecule has 2 heterocycles. The van der Waals surface area contributed by atoms with Gasteiger partial charge in [0.15, 0.2) is 0 Å². The third kappa shape index (κ3) is 4.56. The van der Waals surface area contributed by atoms with E-state index in [9.17, 15) is 14.4 Å². The zero-order valence-corrected chi connectivity index (χ0v) is 17.9. The molecule has 0 saturated heterocycles. The van der Waals surface area contributed by atoms with Gasteiger partial charge in [0.1, 0.15) is 6.54 Å². The lowest BCUT2D eigenvalue weighted by Gasteiger charge is -2.07. The van der Waals surface area contributed by atoms with Gasteiger partial charge in [-0.1, -0.05) is 36.4 Å². The smallest absolute Gasteiger partial charge is 0.305 e. The molecule has 4 rings (SSSR count). The molecule has 2 amide bonds. The predicted molar refractivity (Wildman–Crippen MR) is 124 cm³/mol. The van der Waals surface area contributed by atoms with Crippen molar-refractivity contribution in [3.63, 3.8) is 0 Å². The van der Waals surface area contributed by atoms with Gasteiger partial charge in [0.2, 0.25) is 5.91 Å². The number of nitrogens with zero attached hydrogens (tertiary/aromatic N) is 1. The van der Waals surface area contributed by atoms with E-state index < -0.39 is 0 Å². The van der Waals surface area contributed by atoms with Crippen molar-refractivity contribution in [2.45, 2.75) is 26.3 Å². The average Bonchev–Trinajstić information content (AvgIpc) is 3.29. The molecule has 1 aromatic heterocycles. The molecule has 164 valence electrons. The highest BCUT2D eigenvalue weighted by Crippen LogP contribution is 2.34. The lowest BCUT2D eigenvalue weighted by molar-refractivity contribution is -0.143. The first kappa shape index (κ1) is 21.4. The molecule has 0 atom stereocenters. The number of hydrogen-bond donors (Lipinski definition) is 2. The van der Waals surface area contributed by atoms with Gasteiger partial charge in [-0.05, 0) is 31.6 Å². The summed E-state index contributed by atoms with van der Waals surface area (Å²) in [6.07, 6.45) is 4.58. The van der Waals surface area contributed by atoms with Gasteiger partial charge in [0, 0.05) is 52.5 Å². The first-order valence-corrected chi connectivity index (χ1v) is 10.7. The van der Waals surface area contributed by atoms with E-state index in [0.29, 0.717) is 25.1 Å². The van der Waals surface area contributed by atoms with Crippen LogP contribution in [0.5, 0.6) is 0 Å². The second-order valence-electron chi connectivity index (χ2n) is 7.55. The number of hydrogen-bond acceptors (Lipinski definition) is 4. The van der Waals surface area contributed by atoms with Crippen LogP contribution in [0.1, 0.15) is 30.9 Å². The summed E-state index contributed by atoms with van der Waals surface area (Å²) in [5, 5.41) is 6.70. The molecule has 0 aliphatic carbocycles. The van der Waals surface area contributed by atoms with E-state index in [1.807, 2.05) is 65.4 Å². The van der Waals surface area contributed by atoms with Gasteiger partial charge in [-0.25, -0.2) is 0 Å². The number of benzene rings is 2. The number of nitrogens with one attached hydrogen (secondary N) is 2. The molecule has 2 aromatic carbocycles. The quantitative estimate of drug-likeness (QED) is 0.324. The molecule has 0 fully saturated rings. The molecule has 32 heavy (non-hydrogen) atoms. The fraction of sp³-hybridized carbons (Fsp3) is 0.240. The first-order chi connectivity index (χ1) is 15.6. The summed E-state index contributed by atoms with van der Waals surface area (Å²) >= 11 is 0. The van der Waals surface area contributed by atoms with E-state index in [-0.39, 0.29) is 30.7 Å². The van der Waals surface area contributed by atoms with Crippen molar-refractivity contribution in [3.05, 3.63) is 65.9 Å². The van der Waals surface area contributed by atoms with E-state index >= 15 is 0 Å². The summed E-state index contributed by atoms with van der Waals surface area (Å²) < 4.78 is 6.77. The number of rotatable bonds is 8. The zero-order chi connectivity index (χ0) is 22.5. The minimum Gasteiger partial charge on any atom is -0.466 e. The Balaban J connectivity index is 1.51. The van der Waals surface area contributed by atoms with Gasteiger partial charge in [-0.2, -0.15) is 0 Å². The lowest BCUT2D eigenvalue weighted by atomic mass is 10.0. The molecule has 0 spiro atoms. The fourth-order valence-corrected chi connectivity index (χ4v) is 3.86. The van der Waals surface area contributed by atoms with E-state index in [2.05, 4.69) is 10.6 Å². The number of fused-ring (bicyclic) bond motifs is 2. The van der Waals surface area contributed by atoms with Gasteiger partial charge in [0.05, 0.1) is 6.61 Å². The van der Waals surface area contributed by atoms with Crippen LogP contribution >= 0.6 is 0 Å². The molecule has 0 unspecified atom stereocenters. The number of para-hydroxylation sites is 2. The molecule has 1 aliphatic heterocycles. The van der Waals surface area contributed by atoms with E-state index in [4.69, 9.17) is 4.74 Å². The Kier molecular flexibility index (Phi) is 6.35. The Morgan fingerprint density at radius 1 is 1.12 bits per heavy atom. The highest BCUT2D eigenvalue weighted by atomic mass is 16.5. The van der Waals surface area contributed by atoms with Crippen molar-refractivity contribution in [1.29, 1.82) is 0 Å². The van der Waals surface area contributed by atoms with Crippen molar-refractivity contribution >= 4 is 46.0 Å². The monoisotopic (exact) mass is 431 g/mol. The van der Waals surface area contributed by atoms with Crippen LogP contribution in [0.15, 0.2) is 54.7 Å². The Hall–Kier alpha value is -3.87. The van der Waals surface area contributed by atoms with Crippen LogP contribution in [0.4, 0.5) is 5.69 Å². The summed E-state index contributed by atoms with van der Waals surface area (Å²) in [5.41, 5.74) is 4.06. The number of ether oxygens (including phenoxy) is 1. The summed E-state index contributed by atoms with van der Waals surface area (Å²) in [4.78, 5) is 36.4. The number of anilines is 1. The number of aromatic nitrogens is 1. The minimum absolute atomic E-state index is 0.137. The van der Waals surface area contributed by atoms with Crippen molar-refractivity contribution in [2.75, 3.05) is 18.5 Å². The molecule has 1 aliphatic rings. The summed E-state index contributed by atoms with van der Waals surface area (Å²) in [7, 11) is 0. The second-order valence-corrected chi connectivity index (χ2v) is 7.55. The van der Waals surface area contributed by atoms with Crippen LogP contribution in [-0.2, 0) is 25.7 Å². The fourth-order valence-electron chi connectivity index (χ4n) is 3.86. The Morgan fingerprint density at radius 2 is 1.91 bits per heavy atom. The Labute approximate surface area is 186 Å². The third-order valence-electron chi connectivity index (χ3n) is 5.33. The highest BCUT2D eigenvalue weighted by Gasteiger charge is 2.24. The first-order valence-electron chi connectivity index (χ1n) is 10.7. The summed E-state index contributed by atoms with van der Waals surface area (Å²) in [5.74, 6) is -0.534. The molecule has 3 aromatic rings. The highest BCUT2D eigenvalue weighted by molar-refractivity contribution is 6.35. The number of amides is 2. The Bertz CT molecular complexity index is 1210. The van der Waals surface area contributed by atoms with Gasteiger partial charge in [-0.3, -0.25) is 14.4 Å². The van der Waals surface area contributed by atoms with Gasteiger partial charge < -0.3 is 19.9 Å². The van der Waals surface area contributed by atoms with Gasteiger partial charge >= 0.3 is 5.97 Å². The standard InChI is InChI=1S/C25H25N3O4/c1-2-32-24(30)12-7-13-26-23(29)16-28-15-17(18-8-4-6-11-22(18)28)14-20-19-9-3-5-10-21(19)27-25(20)31/h3-6,8-11,14-15H,2,7,12-13,16H2,1H3,(H,26,29)(H,27,31). The summed E-state index contributed by atoms with van der Waals surface area (Å²) in [6, 6.07) is 15.4. The third-order valence-corrected chi connectivity index (χ3v) is 5.33. The van der Waals surface area contributed by atoms with Crippen LogP contribution in [0.2, 0.25) is 0 Å². The normalized spacial score (nSPS) is 13.8. The van der Waals surface area contributed by atoms with Crippen molar-refractivity contribution in [1.82, 2.24) is 9.88 Å². The molecule has 0 saturated carbocycles. The molecule has 7 nitrogen and oxygen atoms in total. The molecular formula is C25H25N3O4. The number of esters is 1. The minimum atomic E-state index is -0.256. The lowest BCUT2D eigenvalue weighted by Crippen LogP contribution is -2.28. The van der Waals surface area contributed by atoms with Crippen LogP contribution in [0.25, 0.3) is 22.6 Å². The largest absolute Gasteiger partial charge is 0.466 e. The van der Waals surface area contributed by atoms with Gasteiger partial charge in [0.25, 0.3) is 5.91 Å². The topological polar surface area (TPSA) is 89.4 Å². The van der Waals surface area contributed by atoms with Gasteiger partial charge in [-0.15, -0.1) is 0 Å². The van der Waals surface area contributed by atoms with E-state index in [0.717, 1.165) is 27.7 Å². The predicted octanol–water partition coefficient (Wildman–Crippen LogP) is 3.59. The van der Waals surface area contributed by atoms with Crippen molar-refractivity contribution < 1.29 is 19.1 Å². The van der Waals surface area contributed by atoms with E-state index in [1.165, 1.54) is 0 Å². The maximum Gasteiger partial charge on any atom is 0.305 e. The maximum atomic E-state index is 12.5. The van der Waals surface area contributed by atoms with Crippen molar-refractivity contribution in [3.8, 4) is 0 Å². The van der Waals surface area contributed by atoms with Crippen molar-refractivity contribution in [2.24, 2.45) is 0 Å². The number of carbonyl (C=O) groups is 3. The number of carbonyl (C=O) groups excluding carboxylic acids is 3. The average molecular weight is 431 g/mol. The SMILES string of the molecule is CCOC(=O)CCCNC(=O)Cn1cc(C=C2C(=O)Nc3ccccc32)c2ccccc21. The summed E-state index contributed by atoms with van der Waals surface area (Å²) in [6.45, 7) is 2.68. The van der Waals surface area contributed by atoms with Crippen LogP contribution in [0.3, 0.4) is 0 Å². The van der Waals surface area contributed by atoms with E-state index in [1.54, 1.807) is 6.92 Å². The van der Waals surface area contributed by atoms with Crippen LogP contribution < -0.4 is 10.6 Å². The molecule has 0 radical (unpaired) electrons. The second kappa shape index (κ2) is 9.51. The molecule has 7 heteroatoms.